The number of rotatable bonds is 5. The average Bonchev–Trinajstić information content (AvgIpc) is 2.19. The number of pyridine rings is 1. The topological polar surface area (TPSA) is 99.5 Å². The molecule has 0 aliphatic rings. The van der Waals surface area contributed by atoms with Crippen LogP contribution in [0.4, 0.5) is 5.82 Å². The Kier molecular flexibility index (Phi) is 4.45. The normalized spacial score (nSPS) is 11.8. The Morgan fingerprint density at radius 2 is 2.18 bits per heavy atom. The number of amides is 1. The molecule has 0 aliphatic heterocycles. The summed E-state index contributed by atoms with van der Waals surface area (Å²) in [5.74, 6) is -1.61. The number of hydrogen-bond acceptors (Lipinski definition) is 4. The van der Waals surface area contributed by atoms with Crippen LogP contribution in [0.15, 0.2) is 18.3 Å². The molecule has 1 aromatic heterocycles. The van der Waals surface area contributed by atoms with Gasteiger partial charge < -0.3 is 15.5 Å². The van der Waals surface area contributed by atoms with E-state index in [4.69, 9.17) is 5.11 Å². The van der Waals surface area contributed by atoms with Crippen LogP contribution in [0, 0.1) is 5.92 Å². The van der Waals surface area contributed by atoms with Gasteiger partial charge in [-0.05, 0) is 18.1 Å². The lowest BCUT2D eigenvalue weighted by atomic mass is 10.0. The van der Waals surface area contributed by atoms with Crippen LogP contribution in [0.2, 0.25) is 0 Å². The first-order valence-electron chi connectivity index (χ1n) is 5.14. The molecule has 1 heterocycles. The first kappa shape index (κ1) is 13.0. The summed E-state index contributed by atoms with van der Waals surface area (Å²) >= 11 is 0. The molecule has 1 amide bonds. The van der Waals surface area contributed by atoms with Crippen molar-refractivity contribution < 1.29 is 19.8 Å². The molecule has 0 radical (unpaired) electrons. The van der Waals surface area contributed by atoms with Crippen LogP contribution >= 0.6 is 0 Å². The van der Waals surface area contributed by atoms with Crippen LogP contribution in [0.25, 0.3) is 0 Å². The Balaban J connectivity index is 2.50. The fraction of sp³-hybridized carbons (Fsp3) is 0.364. The maximum atomic E-state index is 11.5. The highest BCUT2D eigenvalue weighted by Crippen LogP contribution is 2.19. The maximum Gasteiger partial charge on any atom is 0.303 e. The van der Waals surface area contributed by atoms with Gasteiger partial charge in [0.05, 0.1) is 0 Å². The van der Waals surface area contributed by atoms with Crippen molar-refractivity contribution in [3.05, 3.63) is 18.3 Å². The van der Waals surface area contributed by atoms with Crippen LogP contribution in [-0.2, 0) is 9.59 Å². The molecule has 0 aromatic carbocycles. The minimum Gasteiger partial charge on any atom is -0.504 e. The Hall–Kier alpha value is -2.11. The summed E-state index contributed by atoms with van der Waals surface area (Å²) in [4.78, 5) is 25.7. The highest BCUT2D eigenvalue weighted by Gasteiger charge is 2.14. The predicted molar refractivity (Wildman–Crippen MR) is 60.6 cm³/mol. The molecule has 17 heavy (non-hydrogen) atoms. The fourth-order valence-corrected chi connectivity index (χ4v) is 1.36. The molecular weight excluding hydrogens is 224 g/mol. The summed E-state index contributed by atoms with van der Waals surface area (Å²) in [6.45, 7) is 1.67. The van der Waals surface area contributed by atoms with E-state index in [1.807, 2.05) is 0 Å². The zero-order valence-corrected chi connectivity index (χ0v) is 9.38. The van der Waals surface area contributed by atoms with Crippen molar-refractivity contribution in [3.8, 4) is 5.75 Å². The fourth-order valence-electron chi connectivity index (χ4n) is 1.36. The molecule has 6 nitrogen and oxygen atoms in total. The van der Waals surface area contributed by atoms with Crippen molar-refractivity contribution in [3.63, 3.8) is 0 Å². The van der Waals surface area contributed by atoms with Gasteiger partial charge in [0.25, 0.3) is 0 Å². The van der Waals surface area contributed by atoms with Gasteiger partial charge in [0.15, 0.2) is 11.6 Å². The van der Waals surface area contributed by atoms with E-state index in [-0.39, 0.29) is 36.2 Å². The standard InChI is InChI=1S/C11H14N2O4/c1-7(6-10(16)17)5-9(15)13-11-8(14)3-2-4-12-11/h2-4,7,14H,5-6H2,1H3,(H,16,17)(H,12,13,15). The Labute approximate surface area is 98.3 Å². The van der Waals surface area contributed by atoms with Gasteiger partial charge in [-0.3, -0.25) is 9.59 Å². The first-order chi connectivity index (χ1) is 7.99. The number of aromatic nitrogens is 1. The summed E-state index contributed by atoms with van der Waals surface area (Å²) in [5, 5.41) is 20.3. The van der Waals surface area contributed by atoms with Crippen LogP contribution in [0.1, 0.15) is 19.8 Å². The second kappa shape index (κ2) is 5.83. The van der Waals surface area contributed by atoms with Gasteiger partial charge in [-0.2, -0.15) is 0 Å². The SMILES string of the molecule is CC(CC(=O)O)CC(=O)Nc1ncccc1O. The second-order valence-electron chi connectivity index (χ2n) is 3.83. The van der Waals surface area contributed by atoms with Crippen molar-refractivity contribution >= 4 is 17.7 Å². The quantitative estimate of drug-likeness (QED) is 0.716. The van der Waals surface area contributed by atoms with Gasteiger partial charge in [0.2, 0.25) is 5.91 Å². The molecule has 1 rings (SSSR count). The molecule has 0 saturated carbocycles. The lowest BCUT2D eigenvalue weighted by Crippen LogP contribution is -2.17. The van der Waals surface area contributed by atoms with Crippen molar-refractivity contribution in [2.75, 3.05) is 5.32 Å². The molecule has 0 spiro atoms. The third-order valence-electron chi connectivity index (χ3n) is 2.10. The van der Waals surface area contributed by atoms with E-state index in [0.29, 0.717) is 0 Å². The molecule has 1 atom stereocenters. The van der Waals surface area contributed by atoms with Crippen LogP contribution in [-0.4, -0.2) is 27.1 Å². The summed E-state index contributed by atoms with van der Waals surface area (Å²) in [6.07, 6.45) is 1.44. The number of carbonyl (C=O) groups excluding carboxylic acids is 1. The Morgan fingerprint density at radius 3 is 2.76 bits per heavy atom. The zero-order chi connectivity index (χ0) is 12.8. The second-order valence-corrected chi connectivity index (χ2v) is 3.83. The Morgan fingerprint density at radius 1 is 1.47 bits per heavy atom. The smallest absolute Gasteiger partial charge is 0.303 e. The summed E-state index contributed by atoms with van der Waals surface area (Å²) < 4.78 is 0. The van der Waals surface area contributed by atoms with Gasteiger partial charge >= 0.3 is 5.97 Å². The number of carboxylic acids is 1. The highest BCUT2D eigenvalue weighted by atomic mass is 16.4. The summed E-state index contributed by atoms with van der Waals surface area (Å²) in [5.41, 5.74) is 0. The van der Waals surface area contributed by atoms with E-state index >= 15 is 0 Å². The summed E-state index contributed by atoms with van der Waals surface area (Å²) in [7, 11) is 0. The molecule has 6 heteroatoms. The van der Waals surface area contributed by atoms with Gasteiger partial charge in [-0.1, -0.05) is 6.92 Å². The van der Waals surface area contributed by atoms with E-state index in [1.165, 1.54) is 18.3 Å². The highest BCUT2D eigenvalue weighted by molar-refractivity contribution is 5.91. The molecule has 0 fully saturated rings. The van der Waals surface area contributed by atoms with Crippen molar-refractivity contribution in [1.82, 2.24) is 4.98 Å². The minimum absolute atomic E-state index is 0.0678. The molecule has 1 aromatic rings. The van der Waals surface area contributed by atoms with Crippen molar-refractivity contribution in [2.24, 2.45) is 5.92 Å². The third-order valence-corrected chi connectivity index (χ3v) is 2.10. The maximum absolute atomic E-state index is 11.5. The minimum atomic E-state index is -0.939. The van der Waals surface area contributed by atoms with Crippen LogP contribution in [0.5, 0.6) is 5.75 Å². The number of hydrogen-bond donors (Lipinski definition) is 3. The molecule has 1 unspecified atom stereocenters. The predicted octanol–water partition coefficient (Wildman–Crippen LogP) is 1.23. The third kappa shape index (κ3) is 4.50. The van der Waals surface area contributed by atoms with E-state index < -0.39 is 5.97 Å². The monoisotopic (exact) mass is 238 g/mol. The average molecular weight is 238 g/mol. The number of nitrogens with one attached hydrogen (secondary N) is 1. The largest absolute Gasteiger partial charge is 0.504 e. The van der Waals surface area contributed by atoms with Gasteiger partial charge in [-0.25, -0.2) is 4.98 Å². The number of anilines is 1. The molecule has 0 saturated heterocycles. The Bertz CT molecular complexity index is 420. The van der Waals surface area contributed by atoms with Crippen LogP contribution in [0.3, 0.4) is 0 Å². The number of nitrogens with zero attached hydrogens (tertiary/aromatic N) is 1. The molecule has 0 aliphatic carbocycles. The number of carboxylic acid groups (broad SMARTS) is 1. The van der Waals surface area contributed by atoms with Crippen LogP contribution < -0.4 is 5.32 Å². The summed E-state index contributed by atoms with van der Waals surface area (Å²) in [6, 6.07) is 2.95. The van der Waals surface area contributed by atoms with Gasteiger partial charge in [0, 0.05) is 19.0 Å². The van der Waals surface area contributed by atoms with E-state index in [1.54, 1.807) is 6.92 Å². The van der Waals surface area contributed by atoms with Gasteiger partial charge in [-0.15, -0.1) is 0 Å². The number of aromatic hydroxyl groups is 1. The molecule has 0 bridgehead atoms. The number of aliphatic carboxylic acids is 1. The lowest BCUT2D eigenvalue weighted by molar-refractivity contribution is -0.138. The van der Waals surface area contributed by atoms with E-state index in [9.17, 15) is 14.7 Å². The zero-order valence-electron chi connectivity index (χ0n) is 9.38. The number of carbonyl (C=O) groups is 2. The van der Waals surface area contributed by atoms with E-state index in [2.05, 4.69) is 10.3 Å². The van der Waals surface area contributed by atoms with Crippen molar-refractivity contribution in [2.45, 2.75) is 19.8 Å². The van der Waals surface area contributed by atoms with Gasteiger partial charge in [0.1, 0.15) is 0 Å². The first-order valence-corrected chi connectivity index (χ1v) is 5.14. The lowest BCUT2D eigenvalue weighted by Gasteiger charge is -2.09. The van der Waals surface area contributed by atoms with E-state index in [0.717, 1.165) is 0 Å². The molecule has 3 N–H and O–H groups in total. The molecule has 92 valence electrons. The van der Waals surface area contributed by atoms with Crippen molar-refractivity contribution in [1.29, 1.82) is 0 Å². The molecular formula is C11H14N2O4.